The van der Waals surface area contributed by atoms with E-state index in [0.717, 1.165) is 72.2 Å². The zero-order valence-corrected chi connectivity index (χ0v) is 24.5. The van der Waals surface area contributed by atoms with Gasteiger partial charge in [-0.2, -0.15) is 0 Å². The number of imidazole rings is 1. The molecule has 0 bridgehead atoms. The normalized spacial score (nSPS) is 23.5. The fourth-order valence-electron chi connectivity index (χ4n) is 6.16. The van der Waals surface area contributed by atoms with Gasteiger partial charge in [-0.1, -0.05) is 23.7 Å². The van der Waals surface area contributed by atoms with E-state index in [1.165, 1.54) is 11.3 Å². The third-order valence-electron chi connectivity index (χ3n) is 8.56. The van der Waals surface area contributed by atoms with E-state index >= 15 is 0 Å². The van der Waals surface area contributed by atoms with Crippen LogP contribution in [0, 0.1) is 0 Å². The minimum absolute atomic E-state index is 0.0873. The molecule has 2 saturated heterocycles. The first kappa shape index (κ1) is 26.7. The lowest BCUT2D eigenvalue weighted by Gasteiger charge is -2.37. The third-order valence-corrected chi connectivity index (χ3v) is 9.79. The molecule has 214 valence electrons. The highest BCUT2D eigenvalue weighted by atomic mass is 35.5. The van der Waals surface area contributed by atoms with Gasteiger partial charge in [-0.3, -0.25) is 9.88 Å². The number of thiophene rings is 1. The SMILES string of the molecule is C[C@@H](c1nc2sc(C(=O)O)cc2n1C[C@@H]1CCO1)N1CCC(c2cccc3c2O[C@@](C)(c2ccc(Cl)cn2)O3)CC1. The molecule has 3 atom stereocenters. The first-order valence-electron chi connectivity index (χ1n) is 14.0. The van der Waals surface area contributed by atoms with E-state index in [2.05, 4.69) is 27.4 Å². The van der Waals surface area contributed by atoms with E-state index in [9.17, 15) is 9.90 Å². The van der Waals surface area contributed by atoms with Crippen molar-refractivity contribution in [1.29, 1.82) is 0 Å². The lowest BCUT2D eigenvalue weighted by molar-refractivity contribution is -0.0722. The standard InChI is InChI=1S/C30H31ClN4O5S/c1-17(27-33-28-22(14-24(41-28)29(36)37)35(27)16-20-10-13-38-20)34-11-8-18(9-12-34)21-4-3-5-23-26(21)40-30(2,39-23)25-7-6-19(31)15-32-25/h3-7,14-15,17-18,20H,8-13,16H2,1-2H3,(H,36,37)/t17-,20-,30-/m0/s1. The maximum absolute atomic E-state index is 11.6. The average molecular weight is 595 g/mol. The first-order chi connectivity index (χ1) is 19.8. The van der Waals surface area contributed by atoms with Gasteiger partial charge >= 0.3 is 5.97 Å². The number of para-hydroxylation sites is 1. The number of halogens is 1. The van der Waals surface area contributed by atoms with Gasteiger partial charge in [0.1, 0.15) is 21.2 Å². The quantitative estimate of drug-likeness (QED) is 0.269. The van der Waals surface area contributed by atoms with Gasteiger partial charge in [-0.15, -0.1) is 11.3 Å². The van der Waals surface area contributed by atoms with Crippen molar-refractivity contribution in [3.63, 3.8) is 0 Å². The summed E-state index contributed by atoms with van der Waals surface area (Å²) in [7, 11) is 0. The van der Waals surface area contributed by atoms with Crippen LogP contribution in [0.3, 0.4) is 0 Å². The summed E-state index contributed by atoms with van der Waals surface area (Å²) in [5.41, 5.74) is 2.72. The second-order valence-electron chi connectivity index (χ2n) is 11.1. The highest BCUT2D eigenvalue weighted by Crippen LogP contribution is 2.49. The summed E-state index contributed by atoms with van der Waals surface area (Å²) in [5, 5.41) is 10.1. The smallest absolute Gasteiger partial charge is 0.346 e. The molecule has 0 aliphatic carbocycles. The number of carboxylic acid groups (broad SMARTS) is 1. The van der Waals surface area contributed by atoms with Crippen LogP contribution in [0.1, 0.15) is 71.8 Å². The van der Waals surface area contributed by atoms with Crippen molar-refractivity contribution in [3.8, 4) is 11.5 Å². The Bertz CT molecular complexity index is 1610. The minimum atomic E-state index is -1.01. The summed E-state index contributed by atoms with van der Waals surface area (Å²) in [5.74, 6) is 0.917. The molecular weight excluding hydrogens is 564 g/mol. The van der Waals surface area contributed by atoms with Crippen molar-refractivity contribution in [2.45, 2.75) is 63.5 Å². The number of likely N-dealkylation sites (tertiary alicyclic amines) is 1. The van der Waals surface area contributed by atoms with E-state index < -0.39 is 11.8 Å². The summed E-state index contributed by atoms with van der Waals surface area (Å²) in [6.07, 6.45) is 4.71. The van der Waals surface area contributed by atoms with Crippen molar-refractivity contribution in [2.75, 3.05) is 19.7 Å². The van der Waals surface area contributed by atoms with Crippen LogP contribution in [0.15, 0.2) is 42.6 Å². The summed E-state index contributed by atoms with van der Waals surface area (Å²) in [6, 6.07) is 11.6. The van der Waals surface area contributed by atoms with E-state index in [-0.39, 0.29) is 12.1 Å². The molecule has 0 radical (unpaired) electrons. The molecule has 0 unspecified atom stereocenters. The number of carboxylic acids is 1. The first-order valence-corrected chi connectivity index (χ1v) is 15.2. The van der Waals surface area contributed by atoms with Crippen LogP contribution in [-0.4, -0.2) is 56.3 Å². The Morgan fingerprint density at radius 2 is 2.02 bits per heavy atom. The molecule has 0 amide bonds. The molecule has 4 aromatic rings. The second kappa shape index (κ2) is 10.3. The molecule has 0 saturated carbocycles. The number of benzene rings is 1. The Morgan fingerprint density at radius 1 is 1.22 bits per heavy atom. The van der Waals surface area contributed by atoms with E-state index in [4.69, 9.17) is 30.8 Å². The molecule has 6 heterocycles. The van der Waals surface area contributed by atoms with Crippen LogP contribution in [0.5, 0.6) is 11.5 Å². The van der Waals surface area contributed by atoms with Gasteiger partial charge in [0, 0.05) is 25.3 Å². The van der Waals surface area contributed by atoms with Crippen LogP contribution in [0.4, 0.5) is 0 Å². The maximum atomic E-state index is 11.6. The molecule has 9 nitrogen and oxygen atoms in total. The van der Waals surface area contributed by atoms with Gasteiger partial charge in [0.15, 0.2) is 11.5 Å². The molecular formula is C30H31ClN4O5S. The van der Waals surface area contributed by atoms with Crippen molar-refractivity contribution in [2.24, 2.45) is 0 Å². The molecule has 3 aliphatic rings. The molecule has 41 heavy (non-hydrogen) atoms. The highest BCUT2D eigenvalue weighted by molar-refractivity contribution is 7.20. The molecule has 11 heteroatoms. The summed E-state index contributed by atoms with van der Waals surface area (Å²) in [4.78, 5) is 24.5. The third kappa shape index (κ3) is 4.76. The van der Waals surface area contributed by atoms with Crippen molar-refractivity contribution >= 4 is 39.3 Å². The predicted molar refractivity (Wildman–Crippen MR) is 155 cm³/mol. The number of pyridine rings is 1. The predicted octanol–water partition coefficient (Wildman–Crippen LogP) is 6.22. The number of carbonyl (C=O) groups is 1. The molecule has 7 rings (SSSR count). The largest absolute Gasteiger partial charge is 0.477 e. The number of fused-ring (bicyclic) bond motifs is 2. The Hall–Kier alpha value is -3.18. The molecule has 1 aromatic carbocycles. The zero-order valence-electron chi connectivity index (χ0n) is 22.9. The van der Waals surface area contributed by atoms with Gasteiger partial charge in [-0.05, 0) is 69.5 Å². The van der Waals surface area contributed by atoms with Crippen LogP contribution in [0.25, 0.3) is 10.3 Å². The van der Waals surface area contributed by atoms with Crippen molar-refractivity contribution in [1.82, 2.24) is 19.4 Å². The van der Waals surface area contributed by atoms with Gasteiger partial charge in [0.2, 0.25) is 0 Å². The number of aromatic nitrogens is 3. The number of nitrogens with zero attached hydrogens (tertiary/aromatic N) is 4. The molecule has 0 spiro atoms. The van der Waals surface area contributed by atoms with Crippen molar-refractivity contribution in [3.05, 3.63) is 69.6 Å². The number of piperidine rings is 1. The van der Waals surface area contributed by atoms with E-state index in [1.807, 2.05) is 25.1 Å². The number of hydrogen-bond donors (Lipinski definition) is 1. The Morgan fingerprint density at radius 3 is 2.71 bits per heavy atom. The number of aromatic carboxylic acids is 1. The van der Waals surface area contributed by atoms with E-state index in [1.54, 1.807) is 18.3 Å². The lowest BCUT2D eigenvalue weighted by Crippen LogP contribution is -2.37. The molecule has 1 N–H and O–H groups in total. The minimum Gasteiger partial charge on any atom is -0.477 e. The Balaban J connectivity index is 1.09. The average Bonchev–Trinajstić information content (AvgIpc) is 3.62. The number of ether oxygens (including phenoxy) is 3. The topological polar surface area (TPSA) is 98.9 Å². The van der Waals surface area contributed by atoms with Gasteiger partial charge in [0.05, 0.1) is 29.2 Å². The van der Waals surface area contributed by atoms with Crippen LogP contribution < -0.4 is 9.47 Å². The highest BCUT2D eigenvalue weighted by Gasteiger charge is 2.42. The summed E-state index contributed by atoms with van der Waals surface area (Å²) >= 11 is 7.28. The van der Waals surface area contributed by atoms with Crippen LogP contribution in [-0.2, 0) is 17.1 Å². The summed E-state index contributed by atoms with van der Waals surface area (Å²) in [6.45, 7) is 7.37. The summed E-state index contributed by atoms with van der Waals surface area (Å²) < 4.78 is 20.6. The molecule has 3 aromatic heterocycles. The lowest BCUT2D eigenvalue weighted by atomic mass is 9.88. The number of rotatable bonds is 7. The van der Waals surface area contributed by atoms with Crippen molar-refractivity contribution < 1.29 is 24.1 Å². The van der Waals surface area contributed by atoms with Gasteiger partial charge < -0.3 is 23.9 Å². The zero-order chi connectivity index (χ0) is 28.3. The van der Waals surface area contributed by atoms with E-state index in [0.29, 0.717) is 28.1 Å². The van der Waals surface area contributed by atoms with Crippen LogP contribution >= 0.6 is 22.9 Å². The monoisotopic (exact) mass is 594 g/mol. The number of hydrogen-bond acceptors (Lipinski definition) is 8. The van der Waals surface area contributed by atoms with Crippen LogP contribution in [0.2, 0.25) is 5.02 Å². The Kier molecular flexibility index (Phi) is 6.69. The van der Waals surface area contributed by atoms with Gasteiger partial charge in [0.25, 0.3) is 5.79 Å². The second-order valence-corrected chi connectivity index (χ2v) is 12.6. The fraction of sp³-hybridized carbons (Fsp3) is 0.433. The maximum Gasteiger partial charge on any atom is 0.346 e. The molecule has 2 fully saturated rings. The van der Waals surface area contributed by atoms with Gasteiger partial charge in [-0.25, -0.2) is 9.78 Å². The fourth-order valence-corrected chi connectivity index (χ4v) is 7.15. The molecule has 3 aliphatic heterocycles. The Labute approximate surface area is 246 Å².